The summed E-state index contributed by atoms with van der Waals surface area (Å²) in [5.74, 6) is 1.47. The van der Waals surface area contributed by atoms with Gasteiger partial charge in [0.15, 0.2) is 5.96 Å². The minimum atomic E-state index is 0. The van der Waals surface area contributed by atoms with E-state index in [0.717, 1.165) is 43.1 Å². The summed E-state index contributed by atoms with van der Waals surface area (Å²) in [4.78, 5) is 18.2. The van der Waals surface area contributed by atoms with Crippen molar-refractivity contribution in [1.29, 1.82) is 0 Å². The number of amides is 1. The molecule has 1 aromatic heterocycles. The first kappa shape index (κ1) is 22.7. The molecule has 1 atom stereocenters. The van der Waals surface area contributed by atoms with E-state index < -0.39 is 0 Å². The Morgan fingerprint density at radius 3 is 2.64 bits per heavy atom. The highest BCUT2D eigenvalue weighted by atomic mass is 127. The van der Waals surface area contributed by atoms with Gasteiger partial charge < -0.3 is 15.5 Å². The third-order valence-electron chi connectivity index (χ3n) is 4.94. The number of hydrogen-bond acceptors (Lipinski definition) is 3. The molecule has 2 heterocycles. The van der Waals surface area contributed by atoms with Gasteiger partial charge in [-0.15, -0.1) is 24.0 Å². The van der Waals surface area contributed by atoms with Crippen LogP contribution in [-0.4, -0.2) is 32.0 Å². The number of piperidine rings is 1. The van der Waals surface area contributed by atoms with Gasteiger partial charge in [0.05, 0.1) is 0 Å². The zero-order chi connectivity index (χ0) is 19.1. The van der Waals surface area contributed by atoms with E-state index in [0.29, 0.717) is 18.9 Å². The number of aliphatic imine (C=N–C) groups is 1. The molecule has 7 heteroatoms. The number of anilines is 1. The van der Waals surface area contributed by atoms with E-state index >= 15 is 0 Å². The summed E-state index contributed by atoms with van der Waals surface area (Å²) in [5, 5.41) is 11.0. The van der Waals surface area contributed by atoms with Crippen molar-refractivity contribution >= 4 is 52.9 Å². The van der Waals surface area contributed by atoms with Crippen molar-refractivity contribution < 1.29 is 4.79 Å². The van der Waals surface area contributed by atoms with Crippen LogP contribution in [0.15, 0.2) is 46.1 Å². The van der Waals surface area contributed by atoms with Crippen LogP contribution in [0.25, 0.3) is 0 Å². The summed E-state index contributed by atoms with van der Waals surface area (Å²) >= 11 is 1.73. The van der Waals surface area contributed by atoms with Crippen molar-refractivity contribution in [3.8, 4) is 0 Å². The molecular formula is C21H29IN4OS. The van der Waals surface area contributed by atoms with E-state index in [9.17, 15) is 4.79 Å². The molecule has 2 N–H and O–H groups in total. The van der Waals surface area contributed by atoms with E-state index in [-0.39, 0.29) is 29.9 Å². The highest BCUT2D eigenvalue weighted by Crippen LogP contribution is 2.21. The minimum absolute atomic E-state index is 0. The second-order valence-electron chi connectivity index (χ2n) is 6.93. The number of halogens is 1. The largest absolute Gasteiger partial charge is 0.356 e. The Balaban J connectivity index is 0.00000280. The molecule has 1 aliphatic heterocycles. The average molecular weight is 512 g/mol. The highest BCUT2D eigenvalue weighted by Gasteiger charge is 2.19. The fraction of sp³-hybridized carbons (Fsp3) is 0.429. The molecule has 0 saturated carbocycles. The molecule has 0 bridgehead atoms. The third kappa shape index (κ3) is 6.20. The number of benzene rings is 1. The summed E-state index contributed by atoms with van der Waals surface area (Å²) in [5.41, 5.74) is 3.51. The molecule has 0 spiro atoms. The van der Waals surface area contributed by atoms with Crippen LogP contribution in [0.1, 0.15) is 43.2 Å². The normalized spacial score (nSPS) is 15.7. The lowest BCUT2D eigenvalue weighted by molar-refractivity contribution is -0.119. The zero-order valence-corrected chi connectivity index (χ0v) is 19.6. The van der Waals surface area contributed by atoms with Gasteiger partial charge in [-0.1, -0.05) is 19.1 Å². The van der Waals surface area contributed by atoms with E-state index in [4.69, 9.17) is 0 Å². The molecule has 1 fully saturated rings. The summed E-state index contributed by atoms with van der Waals surface area (Å²) < 4.78 is 0. The van der Waals surface area contributed by atoms with Gasteiger partial charge in [-0.3, -0.25) is 9.79 Å². The molecular weight excluding hydrogens is 483 g/mol. The summed E-state index contributed by atoms with van der Waals surface area (Å²) in [6.07, 6.45) is 2.75. The first-order chi connectivity index (χ1) is 13.2. The topological polar surface area (TPSA) is 56.7 Å². The Morgan fingerprint density at radius 2 is 2.00 bits per heavy atom. The lowest BCUT2D eigenvalue weighted by Crippen LogP contribution is -2.38. The summed E-state index contributed by atoms with van der Waals surface area (Å²) in [7, 11) is 1.79. The van der Waals surface area contributed by atoms with Crippen molar-refractivity contribution in [2.24, 2.45) is 4.99 Å². The van der Waals surface area contributed by atoms with Gasteiger partial charge in [0, 0.05) is 38.8 Å². The Hall–Kier alpha value is -1.61. The second kappa shape index (κ2) is 11.4. The SMILES string of the molecule is CN=C(NCc1ccc(N2CCCCC2=O)cc1)NCC(C)c1ccsc1.I. The standard InChI is InChI=1S/C21H28N4OS.HI/c1-16(18-10-12-27-15-18)13-23-21(22-2)24-14-17-6-8-19(9-7-17)25-11-4-3-5-20(25)26;/h6-10,12,15-16H,3-5,11,13-14H2,1-2H3,(H2,22,23,24);1H. The van der Waals surface area contributed by atoms with Gasteiger partial charge in [0.2, 0.25) is 5.91 Å². The van der Waals surface area contributed by atoms with Gasteiger partial charge in [-0.2, -0.15) is 11.3 Å². The molecule has 1 aliphatic rings. The van der Waals surface area contributed by atoms with Crippen molar-refractivity contribution in [3.05, 3.63) is 52.2 Å². The number of nitrogens with one attached hydrogen (secondary N) is 2. The monoisotopic (exact) mass is 512 g/mol. The predicted octanol–water partition coefficient (Wildman–Crippen LogP) is 4.35. The molecule has 0 radical (unpaired) electrons. The smallest absolute Gasteiger partial charge is 0.226 e. The number of nitrogens with zero attached hydrogens (tertiary/aromatic N) is 2. The average Bonchev–Trinajstić information content (AvgIpc) is 3.24. The highest BCUT2D eigenvalue weighted by molar-refractivity contribution is 14.0. The van der Waals surface area contributed by atoms with Gasteiger partial charge >= 0.3 is 0 Å². The fourth-order valence-electron chi connectivity index (χ4n) is 3.20. The van der Waals surface area contributed by atoms with Crippen molar-refractivity contribution in [2.45, 2.75) is 38.6 Å². The van der Waals surface area contributed by atoms with Crippen LogP contribution in [0.4, 0.5) is 5.69 Å². The molecule has 5 nitrogen and oxygen atoms in total. The Kier molecular flexibility index (Phi) is 9.24. The molecule has 2 aromatic rings. The Morgan fingerprint density at radius 1 is 1.21 bits per heavy atom. The maximum absolute atomic E-state index is 12.0. The van der Waals surface area contributed by atoms with Gasteiger partial charge in [-0.25, -0.2) is 0 Å². The molecule has 1 saturated heterocycles. The number of guanidine groups is 1. The fourth-order valence-corrected chi connectivity index (χ4v) is 3.98. The van der Waals surface area contributed by atoms with Crippen LogP contribution in [0, 0.1) is 0 Å². The molecule has 1 aromatic carbocycles. The number of hydrogen-bond donors (Lipinski definition) is 2. The van der Waals surface area contributed by atoms with Gasteiger partial charge in [0.25, 0.3) is 0 Å². The minimum Gasteiger partial charge on any atom is -0.356 e. The van der Waals surface area contributed by atoms with Gasteiger partial charge in [-0.05, 0) is 58.8 Å². The lowest BCUT2D eigenvalue weighted by Gasteiger charge is -2.26. The first-order valence-electron chi connectivity index (χ1n) is 9.53. The number of carbonyl (C=O) groups is 1. The summed E-state index contributed by atoms with van der Waals surface area (Å²) in [6.45, 7) is 4.57. The van der Waals surface area contributed by atoms with E-state index in [2.05, 4.69) is 51.5 Å². The molecule has 1 amide bonds. The zero-order valence-electron chi connectivity index (χ0n) is 16.5. The Labute approximate surface area is 188 Å². The van der Waals surface area contributed by atoms with Crippen molar-refractivity contribution in [2.75, 3.05) is 25.0 Å². The Bertz CT molecular complexity index is 761. The van der Waals surface area contributed by atoms with Crippen LogP contribution in [0.2, 0.25) is 0 Å². The maximum Gasteiger partial charge on any atom is 0.226 e. The lowest BCUT2D eigenvalue weighted by atomic mass is 10.1. The van der Waals surface area contributed by atoms with Crippen LogP contribution in [-0.2, 0) is 11.3 Å². The number of rotatable bonds is 6. The van der Waals surface area contributed by atoms with Crippen LogP contribution in [0.5, 0.6) is 0 Å². The maximum atomic E-state index is 12.0. The quantitative estimate of drug-likeness (QED) is 0.344. The number of thiophene rings is 1. The van der Waals surface area contributed by atoms with Gasteiger partial charge in [0.1, 0.15) is 0 Å². The number of carbonyl (C=O) groups excluding carboxylic acids is 1. The molecule has 0 aliphatic carbocycles. The van der Waals surface area contributed by atoms with E-state index in [1.165, 1.54) is 5.56 Å². The molecule has 3 rings (SSSR count). The first-order valence-corrected chi connectivity index (χ1v) is 10.5. The summed E-state index contributed by atoms with van der Waals surface area (Å²) in [6, 6.07) is 10.4. The van der Waals surface area contributed by atoms with Crippen molar-refractivity contribution in [1.82, 2.24) is 10.6 Å². The van der Waals surface area contributed by atoms with Crippen LogP contribution >= 0.6 is 35.3 Å². The van der Waals surface area contributed by atoms with E-state index in [1.54, 1.807) is 18.4 Å². The second-order valence-corrected chi connectivity index (χ2v) is 7.71. The molecule has 28 heavy (non-hydrogen) atoms. The molecule has 1 unspecified atom stereocenters. The molecule has 152 valence electrons. The van der Waals surface area contributed by atoms with Crippen molar-refractivity contribution in [3.63, 3.8) is 0 Å². The van der Waals surface area contributed by atoms with E-state index in [1.807, 2.05) is 17.0 Å². The predicted molar refractivity (Wildman–Crippen MR) is 129 cm³/mol. The van der Waals surface area contributed by atoms with Crippen LogP contribution < -0.4 is 15.5 Å². The third-order valence-corrected chi connectivity index (χ3v) is 5.64. The van der Waals surface area contributed by atoms with Crippen LogP contribution in [0.3, 0.4) is 0 Å².